The maximum absolute atomic E-state index is 10.1. The van der Waals surface area contributed by atoms with Crippen molar-refractivity contribution in [3.63, 3.8) is 0 Å². The molecule has 0 fully saturated rings. The minimum Gasteiger partial charge on any atom is -0.393 e. The molecule has 1 N–H and O–H groups in total. The summed E-state index contributed by atoms with van der Waals surface area (Å²) in [5.74, 6) is 0. The van der Waals surface area contributed by atoms with Gasteiger partial charge in [-0.25, -0.2) is 0 Å². The fourth-order valence-corrected chi connectivity index (χ4v) is 1.57. The number of hydrogen-bond acceptors (Lipinski definition) is 2. The van der Waals surface area contributed by atoms with Crippen molar-refractivity contribution in [2.45, 2.75) is 70.8 Å². The molecule has 0 aliphatic heterocycles. The lowest BCUT2D eigenvalue weighted by molar-refractivity contribution is -0.109. The summed E-state index contributed by atoms with van der Waals surface area (Å²) < 4.78 is 0. The second kappa shape index (κ2) is 10.7. The number of aliphatic hydroxyl groups is 1. The van der Waals surface area contributed by atoms with Crippen LogP contribution in [0.25, 0.3) is 0 Å². The van der Waals surface area contributed by atoms with Crippen LogP contribution in [0.2, 0.25) is 0 Å². The number of unbranched alkanes of at least 4 members (excludes halogenated alkanes) is 6. The van der Waals surface area contributed by atoms with E-state index in [2.05, 4.69) is 6.92 Å². The van der Waals surface area contributed by atoms with E-state index in [1.165, 1.54) is 38.5 Å². The van der Waals surface area contributed by atoms with E-state index in [1.807, 2.05) is 0 Å². The van der Waals surface area contributed by atoms with Crippen molar-refractivity contribution in [3.8, 4) is 0 Å². The van der Waals surface area contributed by atoms with Gasteiger partial charge in [0, 0.05) is 6.42 Å². The van der Waals surface area contributed by atoms with Crippen LogP contribution in [0.5, 0.6) is 0 Å². The summed E-state index contributed by atoms with van der Waals surface area (Å²) in [5, 5.41) is 9.26. The van der Waals surface area contributed by atoms with E-state index < -0.39 is 6.10 Å². The Morgan fingerprint density at radius 1 is 1.07 bits per heavy atom. The summed E-state index contributed by atoms with van der Waals surface area (Å²) in [5.41, 5.74) is 0. The summed E-state index contributed by atoms with van der Waals surface area (Å²) in [6, 6.07) is 0. The largest absolute Gasteiger partial charge is 0.393 e. The molecule has 0 bridgehead atoms. The van der Waals surface area contributed by atoms with Gasteiger partial charge in [-0.1, -0.05) is 51.9 Å². The van der Waals surface area contributed by atoms with Crippen LogP contribution in [-0.4, -0.2) is 17.5 Å². The molecular weight excluding hydrogens is 176 g/mol. The molecule has 1 atom stereocenters. The van der Waals surface area contributed by atoms with E-state index in [-0.39, 0.29) is 0 Å². The highest BCUT2D eigenvalue weighted by Gasteiger charge is 2.01. The molecule has 1 unspecified atom stereocenters. The molecule has 14 heavy (non-hydrogen) atoms. The minimum absolute atomic E-state index is 0.301. The fourth-order valence-electron chi connectivity index (χ4n) is 1.57. The third-order valence-corrected chi connectivity index (χ3v) is 2.51. The molecule has 0 amide bonds. The summed E-state index contributed by atoms with van der Waals surface area (Å²) in [4.78, 5) is 10.1. The first-order valence-electron chi connectivity index (χ1n) is 5.93. The van der Waals surface area contributed by atoms with E-state index in [4.69, 9.17) is 0 Å². The number of rotatable bonds is 10. The topological polar surface area (TPSA) is 37.3 Å². The number of carbonyl (C=O) groups excluding carboxylic acids is 1. The quantitative estimate of drug-likeness (QED) is 0.434. The van der Waals surface area contributed by atoms with Gasteiger partial charge in [0.15, 0.2) is 0 Å². The van der Waals surface area contributed by atoms with Crippen molar-refractivity contribution in [2.24, 2.45) is 0 Å². The molecule has 2 nitrogen and oxygen atoms in total. The highest BCUT2D eigenvalue weighted by atomic mass is 16.3. The van der Waals surface area contributed by atoms with Gasteiger partial charge in [-0.15, -0.1) is 0 Å². The summed E-state index contributed by atoms with van der Waals surface area (Å²) in [7, 11) is 0. The van der Waals surface area contributed by atoms with Crippen molar-refractivity contribution in [2.75, 3.05) is 0 Å². The van der Waals surface area contributed by atoms with Crippen molar-refractivity contribution < 1.29 is 9.90 Å². The van der Waals surface area contributed by atoms with Gasteiger partial charge < -0.3 is 9.90 Å². The number of carbonyl (C=O) groups is 1. The van der Waals surface area contributed by atoms with Crippen molar-refractivity contribution in [3.05, 3.63) is 0 Å². The first kappa shape index (κ1) is 13.6. The van der Waals surface area contributed by atoms with Crippen LogP contribution in [0.15, 0.2) is 0 Å². The first-order chi connectivity index (χ1) is 6.81. The highest BCUT2D eigenvalue weighted by Crippen LogP contribution is 2.10. The zero-order chi connectivity index (χ0) is 10.6. The molecule has 0 heterocycles. The average molecular weight is 200 g/mol. The Hall–Kier alpha value is -0.370. The van der Waals surface area contributed by atoms with Crippen molar-refractivity contribution in [1.29, 1.82) is 0 Å². The summed E-state index contributed by atoms with van der Waals surface area (Å²) in [6.45, 7) is 2.22. The van der Waals surface area contributed by atoms with Gasteiger partial charge in [-0.3, -0.25) is 0 Å². The molecule has 0 spiro atoms. The van der Waals surface area contributed by atoms with Gasteiger partial charge in [-0.2, -0.15) is 0 Å². The molecule has 0 rings (SSSR count). The van der Waals surface area contributed by atoms with Crippen LogP contribution in [0, 0.1) is 0 Å². The zero-order valence-electron chi connectivity index (χ0n) is 9.37. The molecule has 0 aromatic heterocycles. The fraction of sp³-hybridized carbons (Fsp3) is 0.917. The SMILES string of the molecule is CCCCCCCCCC(O)CC=O. The zero-order valence-corrected chi connectivity index (χ0v) is 9.37. The lowest BCUT2D eigenvalue weighted by Gasteiger charge is -2.05. The summed E-state index contributed by atoms with van der Waals surface area (Å²) >= 11 is 0. The lowest BCUT2D eigenvalue weighted by atomic mass is 10.1. The molecule has 0 aromatic rings. The maximum Gasteiger partial charge on any atom is 0.122 e. The summed E-state index contributed by atoms with van der Waals surface area (Å²) in [6.07, 6.45) is 10.3. The number of hydrogen-bond donors (Lipinski definition) is 1. The van der Waals surface area contributed by atoms with Gasteiger partial charge in [-0.05, 0) is 6.42 Å². The Morgan fingerprint density at radius 3 is 2.21 bits per heavy atom. The van der Waals surface area contributed by atoms with Gasteiger partial charge in [0.2, 0.25) is 0 Å². The predicted octanol–water partition coefficient (Wildman–Crippen LogP) is 3.08. The Bertz CT molecular complexity index is 123. The smallest absolute Gasteiger partial charge is 0.122 e. The van der Waals surface area contributed by atoms with Gasteiger partial charge in [0.25, 0.3) is 0 Å². The molecule has 84 valence electrons. The van der Waals surface area contributed by atoms with Crippen LogP contribution >= 0.6 is 0 Å². The third kappa shape index (κ3) is 9.72. The number of aliphatic hydroxyl groups excluding tert-OH is 1. The van der Waals surface area contributed by atoms with Crippen molar-refractivity contribution in [1.82, 2.24) is 0 Å². The Morgan fingerprint density at radius 2 is 1.64 bits per heavy atom. The molecule has 2 heteroatoms. The molecular formula is C12H24O2. The van der Waals surface area contributed by atoms with Crippen molar-refractivity contribution >= 4 is 6.29 Å². The van der Waals surface area contributed by atoms with Gasteiger partial charge >= 0.3 is 0 Å². The highest BCUT2D eigenvalue weighted by molar-refractivity contribution is 5.49. The van der Waals surface area contributed by atoms with Gasteiger partial charge in [0.05, 0.1) is 6.10 Å². The third-order valence-electron chi connectivity index (χ3n) is 2.51. The minimum atomic E-state index is -0.400. The van der Waals surface area contributed by atoms with Gasteiger partial charge in [0.1, 0.15) is 6.29 Å². The standard InChI is InChI=1S/C12H24O2/c1-2-3-4-5-6-7-8-9-12(14)10-11-13/h11-12,14H,2-10H2,1H3. The van der Waals surface area contributed by atoms with Crippen LogP contribution in [0.1, 0.15) is 64.7 Å². The van der Waals surface area contributed by atoms with Crippen LogP contribution in [0.4, 0.5) is 0 Å². The molecule has 0 saturated heterocycles. The molecule has 0 radical (unpaired) electrons. The van der Waals surface area contributed by atoms with E-state index in [1.54, 1.807) is 0 Å². The normalized spacial score (nSPS) is 12.7. The maximum atomic E-state index is 10.1. The van der Waals surface area contributed by atoms with Crippen LogP contribution in [-0.2, 0) is 4.79 Å². The van der Waals surface area contributed by atoms with E-state index in [9.17, 15) is 9.90 Å². The second-order valence-corrected chi connectivity index (χ2v) is 3.97. The predicted molar refractivity (Wildman–Crippen MR) is 59.3 cm³/mol. The van der Waals surface area contributed by atoms with E-state index in [0.29, 0.717) is 6.42 Å². The molecule has 0 aliphatic rings. The monoisotopic (exact) mass is 200 g/mol. The van der Waals surface area contributed by atoms with Crippen LogP contribution in [0.3, 0.4) is 0 Å². The Kier molecular flexibility index (Phi) is 10.4. The molecule has 0 saturated carbocycles. The first-order valence-corrected chi connectivity index (χ1v) is 5.93. The van der Waals surface area contributed by atoms with Crippen LogP contribution < -0.4 is 0 Å². The van der Waals surface area contributed by atoms with E-state index in [0.717, 1.165) is 19.1 Å². The van der Waals surface area contributed by atoms with E-state index >= 15 is 0 Å². The Balaban J connectivity index is 3.01. The molecule has 0 aliphatic carbocycles. The second-order valence-electron chi connectivity index (χ2n) is 3.97. The number of aldehydes is 1. The Labute approximate surface area is 87.7 Å². The average Bonchev–Trinajstić information content (AvgIpc) is 2.17. The molecule has 0 aromatic carbocycles. The lowest BCUT2D eigenvalue weighted by Crippen LogP contribution is -2.06.